The van der Waals surface area contributed by atoms with E-state index in [0.29, 0.717) is 0 Å². The Bertz CT molecular complexity index is 960. The van der Waals surface area contributed by atoms with Crippen LogP contribution in [-0.4, -0.2) is 36.0 Å². The lowest BCUT2D eigenvalue weighted by Gasteiger charge is -2.32. The van der Waals surface area contributed by atoms with Gasteiger partial charge in [-0.3, -0.25) is 15.0 Å². The van der Waals surface area contributed by atoms with Gasteiger partial charge >= 0.3 is 6.03 Å². The van der Waals surface area contributed by atoms with Gasteiger partial charge in [-0.05, 0) is 47.4 Å². The summed E-state index contributed by atoms with van der Waals surface area (Å²) >= 11 is 0. The minimum absolute atomic E-state index is 0.0669. The van der Waals surface area contributed by atoms with E-state index >= 15 is 0 Å². The van der Waals surface area contributed by atoms with Crippen LogP contribution in [0.25, 0.3) is 10.8 Å². The molecule has 28 heavy (non-hydrogen) atoms. The Labute approximate surface area is 163 Å². The van der Waals surface area contributed by atoms with Gasteiger partial charge in [-0.2, -0.15) is 0 Å². The third-order valence-corrected chi connectivity index (χ3v) is 5.11. The Kier molecular flexibility index (Phi) is 5.39. The highest BCUT2D eigenvalue weighted by molar-refractivity contribution is 6.02. The zero-order chi connectivity index (χ0) is 19.3. The molecule has 0 radical (unpaired) electrons. The van der Waals surface area contributed by atoms with Gasteiger partial charge < -0.3 is 9.73 Å². The molecule has 1 aromatic heterocycles. The number of benzene rings is 2. The summed E-state index contributed by atoms with van der Waals surface area (Å²) in [5.41, 5.74) is 1.30. The van der Waals surface area contributed by atoms with Crippen LogP contribution in [-0.2, 0) is 6.54 Å². The second-order valence-corrected chi connectivity index (χ2v) is 7.14. The first-order chi connectivity index (χ1) is 13.7. The van der Waals surface area contributed by atoms with Crippen LogP contribution in [0.15, 0.2) is 65.3 Å². The average molecular weight is 377 g/mol. The maximum absolute atomic E-state index is 12.0. The third-order valence-electron chi connectivity index (χ3n) is 5.11. The topological polar surface area (TPSA) is 74.6 Å². The van der Waals surface area contributed by atoms with Crippen molar-refractivity contribution in [1.82, 2.24) is 15.5 Å². The van der Waals surface area contributed by atoms with Crippen molar-refractivity contribution in [2.45, 2.75) is 25.4 Å². The van der Waals surface area contributed by atoms with Gasteiger partial charge in [0.2, 0.25) is 0 Å². The Morgan fingerprint density at radius 1 is 1.00 bits per heavy atom. The van der Waals surface area contributed by atoms with Gasteiger partial charge in [0.05, 0.1) is 6.26 Å². The highest BCUT2D eigenvalue weighted by Crippen LogP contribution is 2.19. The largest absolute Gasteiger partial charge is 0.459 e. The molecule has 3 amide bonds. The van der Waals surface area contributed by atoms with Crippen LogP contribution in [0.5, 0.6) is 0 Å². The molecule has 2 aromatic carbocycles. The molecule has 1 fully saturated rings. The molecule has 1 aliphatic heterocycles. The lowest BCUT2D eigenvalue weighted by molar-refractivity contribution is 0.0934. The third kappa shape index (κ3) is 4.40. The number of imide groups is 1. The highest BCUT2D eigenvalue weighted by atomic mass is 16.3. The summed E-state index contributed by atoms with van der Waals surface area (Å²) in [5.74, 6) is -0.406. The second kappa shape index (κ2) is 8.27. The number of nitrogens with one attached hydrogen (secondary N) is 2. The summed E-state index contributed by atoms with van der Waals surface area (Å²) in [6, 6.07) is 17.7. The first kappa shape index (κ1) is 18.3. The molecule has 0 bridgehead atoms. The van der Waals surface area contributed by atoms with E-state index in [1.54, 1.807) is 6.07 Å². The summed E-state index contributed by atoms with van der Waals surface area (Å²) < 4.78 is 4.98. The Morgan fingerprint density at radius 2 is 1.79 bits per heavy atom. The van der Waals surface area contributed by atoms with Gasteiger partial charge in [-0.15, -0.1) is 0 Å². The van der Waals surface area contributed by atoms with Crippen LogP contribution in [0.2, 0.25) is 0 Å². The summed E-state index contributed by atoms with van der Waals surface area (Å²) in [7, 11) is 0. The molecule has 6 heteroatoms. The Hall–Kier alpha value is -3.12. The lowest BCUT2D eigenvalue weighted by Crippen LogP contribution is -2.48. The quantitative estimate of drug-likeness (QED) is 0.729. The van der Waals surface area contributed by atoms with Crippen molar-refractivity contribution in [3.63, 3.8) is 0 Å². The van der Waals surface area contributed by atoms with Gasteiger partial charge in [-0.25, -0.2) is 4.79 Å². The number of furan rings is 1. The maximum atomic E-state index is 12.0. The zero-order valence-corrected chi connectivity index (χ0v) is 15.6. The van der Waals surface area contributed by atoms with Crippen molar-refractivity contribution in [3.8, 4) is 0 Å². The molecule has 0 spiro atoms. The van der Waals surface area contributed by atoms with E-state index in [1.165, 1.54) is 28.7 Å². The summed E-state index contributed by atoms with van der Waals surface area (Å²) in [4.78, 5) is 26.2. The number of carbonyl (C=O) groups is 2. The molecule has 3 aromatic rings. The molecule has 2 N–H and O–H groups in total. The Balaban J connectivity index is 1.25. The minimum Gasteiger partial charge on any atom is -0.459 e. The number of hydrogen-bond acceptors (Lipinski definition) is 4. The van der Waals surface area contributed by atoms with Crippen molar-refractivity contribution in [3.05, 3.63) is 72.2 Å². The van der Waals surface area contributed by atoms with Crippen molar-refractivity contribution in [2.24, 2.45) is 0 Å². The van der Waals surface area contributed by atoms with Gasteiger partial charge in [0.25, 0.3) is 5.91 Å². The lowest BCUT2D eigenvalue weighted by atomic mass is 10.0. The standard InChI is InChI=1S/C22H23N3O3/c26-21(20-6-3-13-28-20)24-22(27)23-19-9-11-25(12-10-19)15-16-7-8-17-4-1-2-5-18(17)14-16/h1-8,13-14,19H,9-12,15H2,(H2,23,24,26,27). The van der Waals surface area contributed by atoms with E-state index in [-0.39, 0.29) is 11.8 Å². The molecule has 0 saturated carbocycles. The van der Waals surface area contributed by atoms with Gasteiger partial charge in [0.15, 0.2) is 5.76 Å². The van der Waals surface area contributed by atoms with E-state index in [1.807, 2.05) is 0 Å². The van der Waals surface area contributed by atoms with Crippen molar-refractivity contribution in [1.29, 1.82) is 0 Å². The van der Waals surface area contributed by atoms with E-state index < -0.39 is 11.9 Å². The number of nitrogens with zero attached hydrogens (tertiary/aromatic N) is 1. The number of likely N-dealkylation sites (tertiary alicyclic amines) is 1. The van der Waals surface area contributed by atoms with Crippen LogP contribution in [0, 0.1) is 0 Å². The van der Waals surface area contributed by atoms with Crippen LogP contribution in [0.4, 0.5) is 4.79 Å². The SMILES string of the molecule is O=C(NC(=O)c1ccco1)NC1CCN(Cc2ccc3ccccc3c2)CC1. The molecule has 0 aliphatic carbocycles. The smallest absolute Gasteiger partial charge is 0.322 e. The van der Waals surface area contributed by atoms with Crippen molar-refractivity contribution in [2.75, 3.05) is 13.1 Å². The molecule has 4 rings (SSSR count). The predicted molar refractivity (Wildman–Crippen MR) is 107 cm³/mol. The van der Waals surface area contributed by atoms with Crippen LogP contribution in [0.3, 0.4) is 0 Å². The summed E-state index contributed by atoms with van der Waals surface area (Å²) in [6.07, 6.45) is 3.12. The first-order valence-corrected chi connectivity index (χ1v) is 9.53. The Morgan fingerprint density at radius 3 is 2.54 bits per heavy atom. The number of hydrogen-bond donors (Lipinski definition) is 2. The van der Waals surface area contributed by atoms with Gasteiger partial charge in [-0.1, -0.05) is 36.4 Å². The molecule has 0 unspecified atom stereocenters. The molecular formula is C22H23N3O3. The number of piperidine rings is 1. The fourth-order valence-electron chi connectivity index (χ4n) is 3.62. The number of amides is 3. The van der Waals surface area contributed by atoms with E-state index in [4.69, 9.17) is 4.42 Å². The summed E-state index contributed by atoms with van der Waals surface area (Å²) in [5, 5.41) is 7.70. The highest BCUT2D eigenvalue weighted by Gasteiger charge is 2.22. The van der Waals surface area contributed by atoms with Gasteiger partial charge in [0, 0.05) is 25.7 Å². The van der Waals surface area contributed by atoms with Crippen molar-refractivity contribution >= 4 is 22.7 Å². The number of carbonyl (C=O) groups excluding carboxylic acids is 2. The molecule has 0 atom stereocenters. The zero-order valence-electron chi connectivity index (χ0n) is 15.6. The monoisotopic (exact) mass is 377 g/mol. The number of rotatable bonds is 4. The maximum Gasteiger partial charge on any atom is 0.322 e. The van der Waals surface area contributed by atoms with E-state index in [2.05, 4.69) is 58.0 Å². The first-order valence-electron chi connectivity index (χ1n) is 9.53. The minimum atomic E-state index is -0.531. The second-order valence-electron chi connectivity index (χ2n) is 7.14. The fraction of sp³-hybridized carbons (Fsp3) is 0.273. The van der Waals surface area contributed by atoms with Crippen LogP contribution >= 0.6 is 0 Å². The average Bonchev–Trinajstić information content (AvgIpc) is 3.24. The molecule has 1 aliphatic rings. The van der Waals surface area contributed by atoms with E-state index in [0.717, 1.165) is 32.5 Å². The van der Waals surface area contributed by atoms with E-state index in [9.17, 15) is 9.59 Å². The van der Waals surface area contributed by atoms with Crippen molar-refractivity contribution < 1.29 is 14.0 Å². The molecule has 2 heterocycles. The van der Waals surface area contributed by atoms with Gasteiger partial charge in [0.1, 0.15) is 0 Å². The number of fused-ring (bicyclic) bond motifs is 1. The molecule has 1 saturated heterocycles. The van der Waals surface area contributed by atoms with Crippen LogP contribution < -0.4 is 10.6 Å². The molecule has 144 valence electrons. The predicted octanol–water partition coefficient (Wildman–Crippen LogP) is 3.54. The fourth-order valence-corrected chi connectivity index (χ4v) is 3.62. The number of urea groups is 1. The molecule has 6 nitrogen and oxygen atoms in total. The molecular weight excluding hydrogens is 354 g/mol. The van der Waals surface area contributed by atoms with Crippen LogP contribution in [0.1, 0.15) is 29.0 Å². The normalized spacial score (nSPS) is 15.4. The summed E-state index contributed by atoms with van der Waals surface area (Å²) in [6.45, 7) is 2.72.